The molecule has 17 nitrogen and oxygen atoms in total. The summed E-state index contributed by atoms with van der Waals surface area (Å²) in [6.07, 6.45) is 77.4. The van der Waals surface area contributed by atoms with Gasteiger partial charge in [-0.2, -0.15) is 0 Å². The molecule has 3 N–H and O–H groups in total. The third-order valence-corrected chi connectivity index (χ3v) is 17.0. The fourth-order valence-electron chi connectivity index (χ4n) is 9.41. The second-order valence-electron chi connectivity index (χ2n) is 24.5. The van der Waals surface area contributed by atoms with Gasteiger partial charge in [-0.05, 0) is 154 Å². The van der Waals surface area contributed by atoms with Gasteiger partial charge < -0.3 is 33.8 Å². The lowest BCUT2D eigenvalue weighted by Gasteiger charge is -2.21. The molecule has 0 aromatic rings. The van der Waals surface area contributed by atoms with Crippen LogP contribution in [-0.4, -0.2) is 96.7 Å². The highest BCUT2D eigenvalue weighted by atomic mass is 31.2. The lowest BCUT2D eigenvalue weighted by atomic mass is 10.1. The Bertz CT molecular complexity index is 2380. The molecule has 98 heavy (non-hydrogen) atoms. The maximum Gasteiger partial charge on any atom is 0.472 e. The van der Waals surface area contributed by atoms with E-state index in [1.54, 1.807) is 0 Å². The summed E-state index contributed by atoms with van der Waals surface area (Å²) in [7, 11) is -9.98. The van der Waals surface area contributed by atoms with Crippen molar-refractivity contribution in [2.24, 2.45) is 0 Å². The third-order valence-electron chi connectivity index (χ3n) is 15.1. The van der Waals surface area contributed by atoms with Crippen LogP contribution in [0, 0.1) is 0 Å². The average Bonchev–Trinajstić information content (AvgIpc) is 1.05. The molecule has 5 unspecified atom stereocenters. The van der Waals surface area contributed by atoms with Gasteiger partial charge in [-0.1, -0.05) is 238 Å². The van der Waals surface area contributed by atoms with E-state index >= 15 is 0 Å². The van der Waals surface area contributed by atoms with Gasteiger partial charge in [-0.3, -0.25) is 37.3 Å². The Morgan fingerprint density at radius 3 is 0.888 bits per heavy atom. The summed E-state index contributed by atoms with van der Waals surface area (Å²) < 4.78 is 68.3. The van der Waals surface area contributed by atoms with Crippen molar-refractivity contribution in [2.75, 3.05) is 39.6 Å². The van der Waals surface area contributed by atoms with E-state index in [0.717, 1.165) is 173 Å². The first-order chi connectivity index (χ1) is 47.7. The van der Waals surface area contributed by atoms with Crippen LogP contribution in [0.15, 0.2) is 134 Å². The number of unbranched alkanes of at least 4 members (excludes halogenated alkanes) is 21. The number of aliphatic hydroxyl groups excluding tert-OH is 1. The molecule has 0 aliphatic heterocycles. The number of carbonyl (C=O) groups excluding carboxylic acids is 4. The molecule has 0 saturated heterocycles. The first-order valence-corrected chi connectivity index (χ1v) is 40.4. The summed E-state index contributed by atoms with van der Waals surface area (Å²) in [5, 5.41) is 10.6. The molecule has 0 rings (SSSR count). The number of phosphoric ester groups is 2. The number of aliphatic hydroxyl groups is 1. The Morgan fingerprint density at radius 1 is 0.296 bits per heavy atom. The topological polar surface area (TPSA) is 237 Å². The summed E-state index contributed by atoms with van der Waals surface area (Å²) in [5.41, 5.74) is 0. The van der Waals surface area contributed by atoms with E-state index in [4.69, 9.17) is 37.0 Å². The van der Waals surface area contributed by atoms with Crippen molar-refractivity contribution in [3.8, 4) is 0 Å². The molecule has 560 valence electrons. The number of allylic oxidation sites excluding steroid dienone is 22. The van der Waals surface area contributed by atoms with Crippen LogP contribution in [0.1, 0.15) is 285 Å². The Kier molecular flexibility index (Phi) is 67.2. The second kappa shape index (κ2) is 70.6. The van der Waals surface area contributed by atoms with E-state index in [9.17, 15) is 43.2 Å². The van der Waals surface area contributed by atoms with Crippen molar-refractivity contribution >= 4 is 39.5 Å². The monoisotopic (exact) mass is 1410 g/mol. The fourth-order valence-corrected chi connectivity index (χ4v) is 11.0. The molecule has 19 heteroatoms. The molecule has 0 saturated carbocycles. The Labute approximate surface area is 593 Å². The van der Waals surface area contributed by atoms with Crippen molar-refractivity contribution < 1.29 is 80.2 Å². The zero-order valence-electron chi connectivity index (χ0n) is 60.9. The summed E-state index contributed by atoms with van der Waals surface area (Å²) >= 11 is 0. The number of rotatable bonds is 69. The van der Waals surface area contributed by atoms with Crippen molar-refractivity contribution in [1.29, 1.82) is 0 Å². The summed E-state index contributed by atoms with van der Waals surface area (Å²) in [6.45, 7) is 4.45. The number of ether oxygens (including phenoxy) is 4. The second-order valence-corrected chi connectivity index (χ2v) is 27.4. The summed E-state index contributed by atoms with van der Waals surface area (Å²) in [5.74, 6) is -2.28. The number of hydrogen-bond donors (Lipinski definition) is 3. The van der Waals surface area contributed by atoms with E-state index < -0.39 is 97.5 Å². The van der Waals surface area contributed by atoms with Crippen molar-refractivity contribution in [3.05, 3.63) is 134 Å². The van der Waals surface area contributed by atoms with Crippen LogP contribution < -0.4 is 0 Å². The molecule has 0 aliphatic carbocycles. The SMILES string of the molecule is CC/C=C\C/C=C\C/C=C\C/C=C\CCCCCCC(=O)OCC(COP(=O)(O)OCC(O)COP(=O)(O)OCC(COC(=O)CCCCCCC/C=C\C/C=C\CCC)OC(=O)CCCCCCC/C=C\CCCCCC)OC(=O)CCCC/C=C\C/C=C\C/C=C\C/C=C\CC. The van der Waals surface area contributed by atoms with Gasteiger partial charge in [0, 0.05) is 25.7 Å². The van der Waals surface area contributed by atoms with Gasteiger partial charge in [-0.25, -0.2) is 9.13 Å². The highest BCUT2D eigenvalue weighted by molar-refractivity contribution is 7.47. The van der Waals surface area contributed by atoms with Gasteiger partial charge in [0.05, 0.1) is 26.4 Å². The van der Waals surface area contributed by atoms with Crippen LogP contribution in [0.5, 0.6) is 0 Å². The van der Waals surface area contributed by atoms with Crippen LogP contribution in [0.4, 0.5) is 0 Å². The van der Waals surface area contributed by atoms with Crippen LogP contribution in [0.25, 0.3) is 0 Å². The Hall–Kier alpha value is -4.80. The fraction of sp³-hybridized carbons (Fsp3) is 0.671. The molecule has 0 aromatic carbocycles. The van der Waals surface area contributed by atoms with Gasteiger partial charge in [0.25, 0.3) is 0 Å². The minimum Gasteiger partial charge on any atom is -0.462 e. The van der Waals surface area contributed by atoms with E-state index in [0.29, 0.717) is 32.1 Å². The first-order valence-electron chi connectivity index (χ1n) is 37.4. The minimum absolute atomic E-state index is 0.0330. The quantitative estimate of drug-likeness (QED) is 0.0169. The standard InChI is InChI=1S/C79H132O17P2/c1-5-9-13-17-21-25-29-33-35-36-38-41-44-48-52-56-60-64-77(82)90-70-75(96-79(84)66-62-58-54-50-46-42-37-34-30-26-22-18-14-10-6-2)72-94-98(87,88)92-68-73(80)67-91-97(85,86)93-71-74(95-78(83)65-61-57-53-49-45-40-32-28-24-20-16-12-8-4)69-89-76(81)63-59-55-51-47-43-39-31-27-23-19-15-11-7-3/h9-10,13-15,19,21-22,25-28,31-35,37-38,41,46,50,73-75,80H,5-8,11-12,16-18,20,23-24,29-30,36,39-40,42-45,47-49,51-72H2,1-4H3,(H,85,86)(H,87,88)/b13-9-,14-10-,19-15-,25-21-,26-22-,31-27-,32-28-,35-33-,37-34-,41-38-,50-46-. The molecular weight excluding hydrogens is 1280 g/mol. The number of esters is 4. The van der Waals surface area contributed by atoms with Crippen molar-refractivity contribution in [1.82, 2.24) is 0 Å². The predicted molar refractivity (Wildman–Crippen MR) is 399 cm³/mol. The van der Waals surface area contributed by atoms with Gasteiger partial charge in [-0.15, -0.1) is 0 Å². The lowest BCUT2D eigenvalue weighted by molar-refractivity contribution is -0.161. The average molecular weight is 1420 g/mol. The molecule has 0 fully saturated rings. The van der Waals surface area contributed by atoms with Crippen LogP contribution in [0.2, 0.25) is 0 Å². The van der Waals surface area contributed by atoms with Gasteiger partial charge in [0.2, 0.25) is 0 Å². The van der Waals surface area contributed by atoms with Gasteiger partial charge in [0.15, 0.2) is 12.2 Å². The molecule has 0 aromatic heterocycles. The van der Waals surface area contributed by atoms with E-state index in [2.05, 4.69) is 161 Å². The molecule has 0 radical (unpaired) electrons. The summed E-state index contributed by atoms with van der Waals surface area (Å²) in [4.78, 5) is 72.8. The molecule has 5 atom stereocenters. The lowest BCUT2D eigenvalue weighted by Crippen LogP contribution is -2.30. The van der Waals surface area contributed by atoms with Crippen molar-refractivity contribution in [3.63, 3.8) is 0 Å². The van der Waals surface area contributed by atoms with E-state index in [1.807, 2.05) is 0 Å². The number of phosphoric acid groups is 2. The largest absolute Gasteiger partial charge is 0.472 e. The van der Waals surface area contributed by atoms with E-state index in [1.165, 1.54) is 25.7 Å². The van der Waals surface area contributed by atoms with Gasteiger partial charge in [0.1, 0.15) is 19.3 Å². The third kappa shape index (κ3) is 69.7. The Balaban J connectivity index is 5.42. The van der Waals surface area contributed by atoms with Crippen molar-refractivity contribution in [2.45, 2.75) is 303 Å². The minimum atomic E-state index is -4.99. The normalized spacial score (nSPS) is 14.7. The zero-order chi connectivity index (χ0) is 71.8. The highest BCUT2D eigenvalue weighted by Crippen LogP contribution is 2.45. The smallest absolute Gasteiger partial charge is 0.462 e. The molecule has 0 amide bonds. The number of carbonyl (C=O) groups is 4. The highest BCUT2D eigenvalue weighted by Gasteiger charge is 2.30. The van der Waals surface area contributed by atoms with E-state index in [-0.39, 0.29) is 25.7 Å². The van der Waals surface area contributed by atoms with Crippen LogP contribution in [-0.2, 0) is 65.4 Å². The van der Waals surface area contributed by atoms with Crippen LogP contribution in [0.3, 0.4) is 0 Å². The molecule has 0 heterocycles. The number of hydrogen-bond acceptors (Lipinski definition) is 15. The molecular formula is C79H132O17P2. The molecule has 0 spiro atoms. The molecule has 0 aliphatic rings. The van der Waals surface area contributed by atoms with Gasteiger partial charge >= 0.3 is 39.5 Å². The predicted octanol–water partition coefficient (Wildman–Crippen LogP) is 21.3. The maximum absolute atomic E-state index is 13.1. The zero-order valence-corrected chi connectivity index (χ0v) is 62.7. The Morgan fingerprint density at radius 2 is 0.551 bits per heavy atom. The molecule has 0 bridgehead atoms. The summed E-state index contributed by atoms with van der Waals surface area (Å²) in [6, 6.07) is 0. The van der Waals surface area contributed by atoms with Crippen LogP contribution >= 0.6 is 15.6 Å². The first kappa shape index (κ1) is 93.2. The maximum atomic E-state index is 13.1.